The summed E-state index contributed by atoms with van der Waals surface area (Å²) in [5.41, 5.74) is 2.14. The normalized spacial score (nSPS) is 19.7. The van der Waals surface area contributed by atoms with Crippen LogP contribution in [0.25, 0.3) is 0 Å². The lowest BCUT2D eigenvalue weighted by molar-refractivity contribution is -0.150. The maximum absolute atomic E-state index is 13.2. The number of benzene rings is 2. The summed E-state index contributed by atoms with van der Waals surface area (Å²) in [6.07, 6.45) is 2.05. The Morgan fingerprint density at radius 1 is 1.13 bits per heavy atom. The van der Waals surface area contributed by atoms with E-state index in [4.69, 9.17) is 4.74 Å². The Hall–Kier alpha value is -3.68. The van der Waals surface area contributed by atoms with Crippen LogP contribution in [0.3, 0.4) is 0 Å². The lowest BCUT2D eigenvalue weighted by Crippen LogP contribution is -2.46. The van der Waals surface area contributed by atoms with Gasteiger partial charge in [0.05, 0.1) is 0 Å². The molecule has 1 heterocycles. The summed E-state index contributed by atoms with van der Waals surface area (Å²) < 4.78 is 4.99. The Morgan fingerprint density at radius 2 is 1.87 bits per heavy atom. The van der Waals surface area contributed by atoms with E-state index in [-0.39, 0.29) is 0 Å². The number of imide groups is 1. The standard InChI is InChI=1S/C23H23N3O5/c1-15-7-2-5-11-18(15)24-19(27)14-31-20(28)13-26-21(29)23(25-22(26)30)12-6-9-16-8-3-4-10-17(16)23/h2-5,7-8,10-11H,6,9,12-14H2,1H3,(H,24,27)(H,25,30)/t23-/m0/s1. The number of amides is 4. The number of rotatable bonds is 5. The van der Waals surface area contributed by atoms with Crippen LogP contribution >= 0.6 is 0 Å². The van der Waals surface area contributed by atoms with Gasteiger partial charge in [-0.2, -0.15) is 0 Å². The number of esters is 1. The average molecular weight is 421 g/mol. The number of hydrogen-bond acceptors (Lipinski definition) is 5. The van der Waals surface area contributed by atoms with Crippen molar-refractivity contribution in [2.24, 2.45) is 0 Å². The Balaban J connectivity index is 1.38. The zero-order valence-corrected chi connectivity index (χ0v) is 17.1. The summed E-state index contributed by atoms with van der Waals surface area (Å²) in [6, 6.07) is 14.1. The molecule has 2 aliphatic rings. The molecule has 1 saturated heterocycles. The fourth-order valence-electron chi connectivity index (χ4n) is 4.18. The zero-order valence-electron chi connectivity index (χ0n) is 17.1. The number of urea groups is 1. The first-order valence-electron chi connectivity index (χ1n) is 10.1. The van der Waals surface area contributed by atoms with Gasteiger partial charge in [-0.3, -0.25) is 19.3 Å². The van der Waals surface area contributed by atoms with Crippen LogP contribution in [0.15, 0.2) is 48.5 Å². The molecule has 160 valence electrons. The summed E-state index contributed by atoms with van der Waals surface area (Å²) in [5, 5.41) is 5.44. The second-order valence-electron chi connectivity index (χ2n) is 7.76. The molecule has 1 atom stereocenters. The van der Waals surface area contributed by atoms with Crippen molar-refractivity contribution in [1.29, 1.82) is 0 Å². The van der Waals surface area contributed by atoms with Crippen molar-refractivity contribution < 1.29 is 23.9 Å². The second-order valence-corrected chi connectivity index (χ2v) is 7.76. The van der Waals surface area contributed by atoms with Crippen molar-refractivity contribution in [2.45, 2.75) is 31.7 Å². The molecule has 2 N–H and O–H groups in total. The van der Waals surface area contributed by atoms with Gasteiger partial charge in [-0.05, 0) is 48.9 Å². The molecular weight excluding hydrogens is 398 g/mol. The van der Waals surface area contributed by atoms with Gasteiger partial charge in [0.25, 0.3) is 11.8 Å². The van der Waals surface area contributed by atoms with Gasteiger partial charge < -0.3 is 15.4 Å². The van der Waals surface area contributed by atoms with Crippen LogP contribution in [0, 0.1) is 6.92 Å². The van der Waals surface area contributed by atoms with Gasteiger partial charge in [0, 0.05) is 5.69 Å². The summed E-state index contributed by atoms with van der Waals surface area (Å²) in [5.74, 6) is -1.80. The predicted octanol–water partition coefficient (Wildman–Crippen LogP) is 2.26. The third-order valence-corrected chi connectivity index (χ3v) is 5.72. The van der Waals surface area contributed by atoms with E-state index in [2.05, 4.69) is 10.6 Å². The summed E-state index contributed by atoms with van der Waals surface area (Å²) in [4.78, 5) is 50.9. The van der Waals surface area contributed by atoms with Crippen molar-refractivity contribution in [1.82, 2.24) is 10.2 Å². The highest BCUT2D eigenvalue weighted by molar-refractivity contribution is 6.09. The SMILES string of the molecule is Cc1ccccc1NC(=O)COC(=O)CN1C(=O)N[C@]2(CCCc3ccccc32)C1=O. The molecule has 0 bridgehead atoms. The molecule has 1 fully saturated rings. The van der Waals surface area contributed by atoms with Crippen LogP contribution < -0.4 is 10.6 Å². The van der Waals surface area contributed by atoms with Crippen LogP contribution in [0.1, 0.15) is 29.5 Å². The Bertz CT molecular complexity index is 1070. The molecule has 2 aromatic rings. The van der Waals surface area contributed by atoms with Gasteiger partial charge in [0.15, 0.2) is 6.61 Å². The third-order valence-electron chi connectivity index (χ3n) is 5.72. The van der Waals surface area contributed by atoms with Gasteiger partial charge in [-0.25, -0.2) is 4.79 Å². The van der Waals surface area contributed by atoms with Crippen LogP contribution in [0.2, 0.25) is 0 Å². The Kier molecular flexibility index (Phi) is 5.46. The van der Waals surface area contributed by atoms with E-state index in [0.29, 0.717) is 12.1 Å². The molecule has 2 aromatic carbocycles. The largest absolute Gasteiger partial charge is 0.454 e. The van der Waals surface area contributed by atoms with E-state index in [9.17, 15) is 19.2 Å². The van der Waals surface area contributed by atoms with Crippen molar-refractivity contribution in [3.63, 3.8) is 0 Å². The molecule has 0 unspecified atom stereocenters. The highest BCUT2D eigenvalue weighted by atomic mass is 16.5. The van der Waals surface area contributed by atoms with Crippen LogP contribution in [0.5, 0.6) is 0 Å². The first-order chi connectivity index (χ1) is 14.9. The van der Waals surface area contributed by atoms with Gasteiger partial charge in [0.2, 0.25) is 0 Å². The zero-order chi connectivity index (χ0) is 22.0. The van der Waals surface area contributed by atoms with Gasteiger partial charge in [0.1, 0.15) is 12.1 Å². The van der Waals surface area contributed by atoms with Crippen molar-refractivity contribution in [3.8, 4) is 0 Å². The highest BCUT2D eigenvalue weighted by Crippen LogP contribution is 2.39. The molecule has 1 spiro atoms. The number of anilines is 1. The molecule has 0 radical (unpaired) electrons. The predicted molar refractivity (Wildman–Crippen MR) is 112 cm³/mol. The van der Waals surface area contributed by atoms with Crippen molar-refractivity contribution in [2.75, 3.05) is 18.5 Å². The van der Waals surface area contributed by atoms with Gasteiger partial charge in [-0.1, -0.05) is 42.5 Å². The number of aryl methyl sites for hydroxylation is 2. The number of nitrogens with one attached hydrogen (secondary N) is 2. The minimum atomic E-state index is -1.14. The van der Waals surface area contributed by atoms with E-state index in [0.717, 1.165) is 34.4 Å². The minimum Gasteiger partial charge on any atom is -0.454 e. The molecule has 0 saturated carbocycles. The number of fused-ring (bicyclic) bond motifs is 2. The average Bonchev–Trinajstić information content (AvgIpc) is 2.99. The van der Waals surface area contributed by atoms with E-state index in [1.165, 1.54) is 0 Å². The number of para-hydroxylation sites is 1. The number of hydrogen-bond donors (Lipinski definition) is 2. The summed E-state index contributed by atoms with van der Waals surface area (Å²) in [7, 11) is 0. The number of carbonyl (C=O) groups excluding carboxylic acids is 4. The number of carbonyl (C=O) groups is 4. The second kappa shape index (κ2) is 8.22. The topological polar surface area (TPSA) is 105 Å². The fourth-order valence-corrected chi connectivity index (χ4v) is 4.18. The molecule has 4 rings (SSSR count). The molecule has 4 amide bonds. The number of nitrogens with zero attached hydrogens (tertiary/aromatic N) is 1. The molecule has 1 aliphatic carbocycles. The van der Waals surface area contributed by atoms with E-state index in [1.807, 2.05) is 43.3 Å². The van der Waals surface area contributed by atoms with Crippen LogP contribution in [-0.4, -0.2) is 41.9 Å². The lowest BCUT2D eigenvalue weighted by Gasteiger charge is -2.33. The van der Waals surface area contributed by atoms with E-state index >= 15 is 0 Å². The Labute approximate surface area is 179 Å². The third kappa shape index (κ3) is 3.88. The quantitative estimate of drug-likeness (QED) is 0.569. The van der Waals surface area contributed by atoms with Gasteiger partial charge in [-0.15, -0.1) is 0 Å². The first-order valence-corrected chi connectivity index (χ1v) is 10.1. The monoisotopic (exact) mass is 421 g/mol. The van der Waals surface area contributed by atoms with Crippen molar-refractivity contribution in [3.05, 3.63) is 65.2 Å². The number of ether oxygens (including phenoxy) is 1. The molecular formula is C23H23N3O5. The molecule has 8 heteroatoms. The maximum Gasteiger partial charge on any atom is 0.326 e. The van der Waals surface area contributed by atoms with Crippen LogP contribution in [-0.2, 0) is 31.1 Å². The summed E-state index contributed by atoms with van der Waals surface area (Å²) in [6.45, 7) is 0.787. The fraction of sp³-hybridized carbons (Fsp3) is 0.304. The maximum atomic E-state index is 13.2. The van der Waals surface area contributed by atoms with E-state index in [1.54, 1.807) is 12.1 Å². The molecule has 0 aromatic heterocycles. The lowest BCUT2D eigenvalue weighted by atomic mass is 9.76. The van der Waals surface area contributed by atoms with Crippen LogP contribution in [0.4, 0.5) is 10.5 Å². The molecule has 8 nitrogen and oxygen atoms in total. The van der Waals surface area contributed by atoms with Crippen molar-refractivity contribution >= 4 is 29.5 Å². The molecule has 31 heavy (non-hydrogen) atoms. The first kappa shape index (κ1) is 20.6. The van der Waals surface area contributed by atoms with E-state index < -0.39 is 42.5 Å². The molecule has 1 aliphatic heterocycles. The smallest absolute Gasteiger partial charge is 0.326 e. The summed E-state index contributed by atoms with van der Waals surface area (Å²) >= 11 is 0. The highest BCUT2D eigenvalue weighted by Gasteiger charge is 2.54. The minimum absolute atomic E-state index is 0.467. The van der Waals surface area contributed by atoms with Gasteiger partial charge >= 0.3 is 12.0 Å². The Morgan fingerprint density at radius 3 is 2.68 bits per heavy atom.